The van der Waals surface area contributed by atoms with Gasteiger partial charge in [0, 0.05) is 24.6 Å². The van der Waals surface area contributed by atoms with Gasteiger partial charge in [0.15, 0.2) is 0 Å². The Morgan fingerprint density at radius 1 is 1.40 bits per heavy atom. The van der Waals surface area contributed by atoms with Gasteiger partial charge in [0.25, 0.3) is 5.91 Å². The maximum atomic E-state index is 12.4. The van der Waals surface area contributed by atoms with Crippen LogP contribution in [-0.2, 0) is 11.2 Å². The maximum absolute atomic E-state index is 12.4. The third-order valence-corrected chi connectivity index (χ3v) is 3.96. The molecule has 1 aliphatic rings. The zero-order valence-electron chi connectivity index (χ0n) is 11.6. The normalized spacial score (nSPS) is 16.6. The van der Waals surface area contributed by atoms with Crippen LogP contribution in [0.1, 0.15) is 22.8 Å². The summed E-state index contributed by atoms with van der Waals surface area (Å²) < 4.78 is 0. The molecule has 0 radical (unpaired) electrons. The molecule has 1 heterocycles. The number of likely N-dealkylation sites (tertiary alicyclic amines) is 1. The minimum absolute atomic E-state index is 0.0251. The van der Waals surface area contributed by atoms with Gasteiger partial charge in [-0.3, -0.25) is 9.59 Å². The van der Waals surface area contributed by atoms with Crippen LogP contribution in [0.3, 0.4) is 0 Å². The van der Waals surface area contributed by atoms with Gasteiger partial charge in [-0.05, 0) is 24.6 Å². The molecular formula is C15H20N2O3. The van der Waals surface area contributed by atoms with Crippen molar-refractivity contribution in [2.45, 2.75) is 13.3 Å². The number of carbonyl (C=O) groups is 2. The topological polar surface area (TPSA) is 83.6 Å². The standard InChI is InChI=1S/C15H20N2O3/c1-10(15(19)20)12-8-17(9-12)14(18)13-5-3-2-4-11(13)6-7-16/h2-5,10,12H,6-9,16H2,1H3,(H,19,20). The largest absolute Gasteiger partial charge is 0.481 e. The fraction of sp³-hybridized carbons (Fsp3) is 0.467. The second-order valence-corrected chi connectivity index (χ2v) is 5.29. The van der Waals surface area contributed by atoms with Crippen LogP contribution >= 0.6 is 0 Å². The van der Waals surface area contributed by atoms with Gasteiger partial charge in [-0.2, -0.15) is 0 Å². The summed E-state index contributed by atoms with van der Waals surface area (Å²) in [6.45, 7) is 3.23. The van der Waals surface area contributed by atoms with E-state index in [0.717, 1.165) is 5.56 Å². The first-order valence-corrected chi connectivity index (χ1v) is 6.84. The van der Waals surface area contributed by atoms with Gasteiger partial charge in [0.2, 0.25) is 0 Å². The molecule has 2 rings (SSSR count). The number of rotatable bonds is 5. The van der Waals surface area contributed by atoms with Crippen molar-refractivity contribution < 1.29 is 14.7 Å². The van der Waals surface area contributed by atoms with E-state index in [2.05, 4.69) is 0 Å². The number of nitrogens with two attached hydrogens (primary N) is 1. The average molecular weight is 276 g/mol. The van der Waals surface area contributed by atoms with Crippen LogP contribution in [0.15, 0.2) is 24.3 Å². The van der Waals surface area contributed by atoms with Crippen molar-refractivity contribution >= 4 is 11.9 Å². The third kappa shape index (κ3) is 2.82. The molecule has 0 bridgehead atoms. The minimum Gasteiger partial charge on any atom is -0.481 e. The Morgan fingerprint density at radius 3 is 2.65 bits per heavy atom. The Hall–Kier alpha value is -1.88. The molecule has 5 nitrogen and oxygen atoms in total. The molecule has 0 aromatic heterocycles. The second-order valence-electron chi connectivity index (χ2n) is 5.29. The number of carboxylic acids is 1. The van der Waals surface area contributed by atoms with Crippen LogP contribution in [0, 0.1) is 11.8 Å². The lowest BCUT2D eigenvalue weighted by Gasteiger charge is -2.41. The molecule has 3 N–H and O–H groups in total. The zero-order valence-corrected chi connectivity index (χ0v) is 11.6. The molecule has 0 aliphatic carbocycles. The van der Waals surface area contributed by atoms with E-state index in [1.165, 1.54) is 0 Å². The third-order valence-electron chi connectivity index (χ3n) is 3.96. The van der Waals surface area contributed by atoms with Crippen LogP contribution in [0.2, 0.25) is 0 Å². The second kappa shape index (κ2) is 6.05. The summed E-state index contributed by atoms with van der Waals surface area (Å²) in [6, 6.07) is 7.45. The SMILES string of the molecule is CC(C(=O)O)C1CN(C(=O)c2ccccc2CCN)C1. The fourth-order valence-electron chi connectivity index (χ4n) is 2.47. The number of carboxylic acid groups (broad SMARTS) is 1. The van der Waals surface area contributed by atoms with E-state index in [-0.39, 0.29) is 11.8 Å². The Labute approximate surface area is 118 Å². The van der Waals surface area contributed by atoms with Crippen molar-refractivity contribution in [3.8, 4) is 0 Å². The molecule has 0 spiro atoms. The molecule has 1 aliphatic heterocycles. The van der Waals surface area contributed by atoms with Crippen molar-refractivity contribution in [3.63, 3.8) is 0 Å². The molecule has 108 valence electrons. The Morgan fingerprint density at radius 2 is 2.05 bits per heavy atom. The fourth-order valence-corrected chi connectivity index (χ4v) is 2.47. The highest BCUT2D eigenvalue weighted by atomic mass is 16.4. The van der Waals surface area contributed by atoms with Gasteiger partial charge in [0.1, 0.15) is 0 Å². The molecule has 1 fully saturated rings. The van der Waals surface area contributed by atoms with Gasteiger partial charge < -0.3 is 15.7 Å². The first kappa shape index (κ1) is 14.5. The number of aliphatic carboxylic acids is 1. The lowest BCUT2D eigenvalue weighted by molar-refractivity contribution is -0.144. The highest BCUT2D eigenvalue weighted by Gasteiger charge is 2.37. The number of amides is 1. The Kier molecular flexibility index (Phi) is 4.39. The predicted molar refractivity (Wildman–Crippen MR) is 75.4 cm³/mol. The monoisotopic (exact) mass is 276 g/mol. The van der Waals surface area contributed by atoms with Gasteiger partial charge in [-0.1, -0.05) is 25.1 Å². The summed E-state index contributed by atoms with van der Waals surface area (Å²) in [4.78, 5) is 25.0. The summed E-state index contributed by atoms with van der Waals surface area (Å²) in [7, 11) is 0. The van der Waals surface area contributed by atoms with Crippen LogP contribution in [-0.4, -0.2) is 41.5 Å². The number of benzene rings is 1. The highest BCUT2D eigenvalue weighted by molar-refractivity contribution is 5.96. The Balaban J connectivity index is 2.02. The molecule has 5 heteroatoms. The Bertz CT molecular complexity index is 510. The van der Waals surface area contributed by atoms with E-state index in [1.54, 1.807) is 17.9 Å². The molecule has 1 aromatic carbocycles. The zero-order chi connectivity index (χ0) is 14.7. The molecule has 1 aromatic rings. The van der Waals surface area contributed by atoms with Crippen molar-refractivity contribution in [1.82, 2.24) is 4.90 Å². The van der Waals surface area contributed by atoms with E-state index in [1.807, 2.05) is 18.2 Å². The molecule has 1 amide bonds. The van der Waals surface area contributed by atoms with E-state index in [0.29, 0.717) is 31.6 Å². The number of nitrogens with zero attached hydrogens (tertiary/aromatic N) is 1. The van der Waals surface area contributed by atoms with E-state index < -0.39 is 11.9 Å². The first-order valence-electron chi connectivity index (χ1n) is 6.84. The van der Waals surface area contributed by atoms with Gasteiger partial charge in [-0.25, -0.2) is 0 Å². The lowest BCUT2D eigenvalue weighted by atomic mass is 9.86. The smallest absolute Gasteiger partial charge is 0.306 e. The molecule has 20 heavy (non-hydrogen) atoms. The highest BCUT2D eigenvalue weighted by Crippen LogP contribution is 2.26. The van der Waals surface area contributed by atoms with E-state index in [9.17, 15) is 9.59 Å². The lowest BCUT2D eigenvalue weighted by Crippen LogP contribution is -2.53. The summed E-state index contributed by atoms with van der Waals surface area (Å²) in [5, 5.41) is 8.96. The summed E-state index contributed by atoms with van der Waals surface area (Å²) in [5.74, 6) is -1.18. The molecule has 1 atom stereocenters. The van der Waals surface area contributed by atoms with Crippen LogP contribution in [0.25, 0.3) is 0 Å². The van der Waals surface area contributed by atoms with E-state index in [4.69, 9.17) is 10.8 Å². The van der Waals surface area contributed by atoms with Gasteiger partial charge >= 0.3 is 5.97 Å². The van der Waals surface area contributed by atoms with Crippen LogP contribution < -0.4 is 5.73 Å². The summed E-state index contributed by atoms with van der Waals surface area (Å²) in [5.41, 5.74) is 7.19. The number of hydrogen-bond donors (Lipinski definition) is 2. The van der Waals surface area contributed by atoms with Gasteiger partial charge in [0.05, 0.1) is 5.92 Å². The number of hydrogen-bond acceptors (Lipinski definition) is 3. The first-order chi connectivity index (χ1) is 9.54. The minimum atomic E-state index is -0.800. The number of carbonyl (C=O) groups excluding carboxylic acids is 1. The van der Waals surface area contributed by atoms with Crippen LogP contribution in [0.5, 0.6) is 0 Å². The van der Waals surface area contributed by atoms with Crippen molar-refractivity contribution in [3.05, 3.63) is 35.4 Å². The quantitative estimate of drug-likeness (QED) is 0.839. The van der Waals surface area contributed by atoms with E-state index >= 15 is 0 Å². The van der Waals surface area contributed by atoms with Gasteiger partial charge in [-0.15, -0.1) is 0 Å². The predicted octanol–water partition coefficient (Wildman–Crippen LogP) is 0.981. The summed E-state index contributed by atoms with van der Waals surface area (Å²) >= 11 is 0. The summed E-state index contributed by atoms with van der Waals surface area (Å²) in [6.07, 6.45) is 0.671. The molecule has 0 saturated carbocycles. The average Bonchev–Trinajstić information content (AvgIpc) is 2.37. The molecule has 1 saturated heterocycles. The van der Waals surface area contributed by atoms with Crippen molar-refractivity contribution in [2.75, 3.05) is 19.6 Å². The molecular weight excluding hydrogens is 256 g/mol. The maximum Gasteiger partial charge on any atom is 0.306 e. The van der Waals surface area contributed by atoms with Crippen molar-refractivity contribution in [2.24, 2.45) is 17.6 Å². The molecule has 1 unspecified atom stereocenters. The van der Waals surface area contributed by atoms with Crippen LogP contribution in [0.4, 0.5) is 0 Å². The van der Waals surface area contributed by atoms with Crippen molar-refractivity contribution in [1.29, 1.82) is 0 Å².